The first-order valence-electron chi connectivity index (χ1n) is 7.59. The number of nitrogens with one attached hydrogen (secondary N) is 1. The van der Waals surface area contributed by atoms with Gasteiger partial charge < -0.3 is 5.32 Å². The Balaban J connectivity index is 1.98. The van der Waals surface area contributed by atoms with Crippen molar-refractivity contribution in [3.63, 3.8) is 0 Å². The lowest BCUT2D eigenvalue weighted by Gasteiger charge is -2.10. The van der Waals surface area contributed by atoms with Crippen LogP contribution in [0.4, 0.5) is 18.9 Å². The molecule has 3 aromatic rings. The Morgan fingerprint density at radius 2 is 1.92 bits per heavy atom. The number of pyridine rings is 1. The Bertz CT molecular complexity index is 982. The van der Waals surface area contributed by atoms with Crippen molar-refractivity contribution in [2.24, 2.45) is 0 Å². The Hall–Kier alpha value is -2.90. The van der Waals surface area contributed by atoms with E-state index in [1.165, 1.54) is 0 Å². The van der Waals surface area contributed by atoms with Crippen molar-refractivity contribution in [3.8, 4) is 0 Å². The number of aryl methyl sites for hydroxylation is 1. The van der Waals surface area contributed by atoms with E-state index in [0.29, 0.717) is 16.7 Å². The molecule has 0 atom stereocenters. The highest BCUT2D eigenvalue weighted by atomic mass is 19.2. The van der Waals surface area contributed by atoms with E-state index in [-0.39, 0.29) is 11.6 Å². The minimum atomic E-state index is -1.64. The van der Waals surface area contributed by atoms with Crippen LogP contribution in [0.2, 0.25) is 0 Å². The van der Waals surface area contributed by atoms with E-state index in [2.05, 4.69) is 15.4 Å². The molecule has 0 aliphatic carbocycles. The molecule has 0 aliphatic rings. The molecular formula is C17H15F3N4O. The minimum absolute atomic E-state index is 0.0976. The van der Waals surface area contributed by atoms with Gasteiger partial charge in [0.1, 0.15) is 0 Å². The van der Waals surface area contributed by atoms with Gasteiger partial charge in [-0.3, -0.25) is 4.79 Å². The van der Waals surface area contributed by atoms with Crippen molar-refractivity contribution in [1.82, 2.24) is 14.8 Å². The average Bonchev–Trinajstić information content (AvgIpc) is 2.97. The molecule has 25 heavy (non-hydrogen) atoms. The molecule has 1 aromatic carbocycles. The summed E-state index contributed by atoms with van der Waals surface area (Å²) < 4.78 is 41.7. The second-order valence-corrected chi connectivity index (χ2v) is 5.89. The first kappa shape index (κ1) is 16.9. The van der Waals surface area contributed by atoms with Crippen LogP contribution in [0.1, 0.15) is 35.9 Å². The summed E-state index contributed by atoms with van der Waals surface area (Å²) in [4.78, 5) is 16.8. The largest absolute Gasteiger partial charge is 0.319 e. The third-order valence-electron chi connectivity index (χ3n) is 3.78. The number of hydrogen-bond acceptors (Lipinski definition) is 3. The number of anilines is 1. The van der Waals surface area contributed by atoms with Gasteiger partial charge in [0.2, 0.25) is 0 Å². The van der Waals surface area contributed by atoms with E-state index in [4.69, 9.17) is 0 Å². The maximum absolute atomic E-state index is 13.7. The number of hydrogen-bond donors (Lipinski definition) is 1. The van der Waals surface area contributed by atoms with Gasteiger partial charge in [-0.2, -0.15) is 5.10 Å². The van der Waals surface area contributed by atoms with Crippen LogP contribution in [0.25, 0.3) is 11.0 Å². The van der Waals surface area contributed by atoms with Crippen molar-refractivity contribution in [2.45, 2.75) is 26.8 Å². The summed E-state index contributed by atoms with van der Waals surface area (Å²) in [5.41, 5.74) is 0.791. The first-order chi connectivity index (χ1) is 11.8. The van der Waals surface area contributed by atoms with Gasteiger partial charge >= 0.3 is 0 Å². The number of benzene rings is 1. The van der Waals surface area contributed by atoms with Gasteiger partial charge in [-0.25, -0.2) is 22.8 Å². The quantitative estimate of drug-likeness (QED) is 0.728. The van der Waals surface area contributed by atoms with Crippen LogP contribution >= 0.6 is 0 Å². The fourth-order valence-corrected chi connectivity index (χ4v) is 2.49. The summed E-state index contributed by atoms with van der Waals surface area (Å²) in [6, 6.07) is 3.38. The second kappa shape index (κ2) is 6.19. The van der Waals surface area contributed by atoms with Gasteiger partial charge in [0.15, 0.2) is 23.1 Å². The van der Waals surface area contributed by atoms with E-state index in [1.807, 2.05) is 13.8 Å². The number of carbonyl (C=O) groups excluding carboxylic acids is 1. The van der Waals surface area contributed by atoms with E-state index in [1.54, 1.807) is 23.9 Å². The lowest BCUT2D eigenvalue weighted by Crippen LogP contribution is -2.16. The molecule has 0 saturated carbocycles. The van der Waals surface area contributed by atoms with E-state index < -0.39 is 29.0 Å². The zero-order valence-corrected chi connectivity index (χ0v) is 13.8. The summed E-state index contributed by atoms with van der Waals surface area (Å²) in [5.74, 6) is -5.08. The molecule has 1 N–H and O–H groups in total. The molecule has 130 valence electrons. The number of aromatic nitrogens is 3. The van der Waals surface area contributed by atoms with Gasteiger partial charge in [-0.1, -0.05) is 0 Å². The third kappa shape index (κ3) is 2.95. The number of carbonyl (C=O) groups is 1. The molecule has 0 aliphatic heterocycles. The molecule has 3 rings (SSSR count). The normalized spacial score (nSPS) is 11.3. The molecule has 5 nitrogen and oxygen atoms in total. The van der Waals surface area contributed by atoms with Crippen LogP contribution in [0, 0.1) is 24.4 Å². The Morgan fingerprint density at radius 1 is 1.20 bits per heavy atom. The zero-order chi connectivity index (χ0) is 18.3. The second-order valence-electron chi connectivity index (χ2n) is 5.89. The van der Waals surface area contributed by atoms with Gasteiger partial charge in [-0.15, -0.1) is 0 Å². The minimum Gasteiger partial charge on any atom is -0.319 e. The van der Waals surface area contributed by atoms with Gasteiger partial charge in [-0.05, 0) is 39.0 Å². The Kier molecular flexibility index (Phi) is 4.20. The molecule has 0 fully saturated rings. The van der Waals surface area contributed by atoms with E-state index in [9.17, 15) is 18.0 Å². The van der Waals surface area contributed by atoms with Crippen molar-refractivity contribution < 1.29 is 18.0 Å². The zero-order valence-electron chi connectivity index (χ0n) is 13.8. The summed E-state index contributed by atoms with van der Waals surface area (Å²) in [6.45, 7) is 5.54. The highest BCUT2D eigenvalue weighted by Crippen LogP contribution is 2.23. The van der Waals surface area contributed by atoms with Crippen LogP contribution in [0.3, 0.4) is 0 Å². The lowest BCUT2D eigenvalue weighted by molar-refractivity contribution is 0.102. The van der Waals surface area contributed by atoms with Crippen LogP contribution in [0.5, 0.6) is 0 Å². The van der Waals surface area contributed by atoms with E-state index in [0.717, 1.165) is 12.1 Å². The summed E-state index contributed by atoms with van der Waals surface area (Å²) in [5, 5.41) is 7.12. The van der Waals surface area contributed by atoms with Gasteiger partial charge in [0.05, 0.1) is 23.1 Å². The van der Waals surface area contributed by atoms with Crippen molar-refractivity contribution in [2.75, 3.05) is 5.32 Å². The third-order valence-corrected chi connectivity index (χ3v) is 3.78. The molecule has 0 saturated heterocycles. The molecule has 8 heteroatoms. The van der Waals surface area contributed by atoms with Crippen LogP contribution < -0.4 is 5.32 Å². The maximum Gasteiger partial charge on any atom is 0.257 e. The number of halogens is 3. The highest BCUT2D eigenvalue weighted by molar-refractivity contribution is 6.06. The number of rotatable bonds is 3. The predicted octanol–water partition coefficient (Wildman–Crippen LogP) is 3.99. The summed E-state index contributed by atoms with van der Waals surface area (Å²) >= 11 is 0. The molecular weight excluding hydrogens is 333 g/mol. The predicted molar refractivity (Wildman–Crippen MR) is 86.9 cm³/mol. The molecule has 1 amide bonds. The molecule has 2 heterocycles. The summed E-state index contributed by atoms with van der Waals surface area (Å²) in [7, 11) is 0. The van der Waals surface area contributed by atoms with Gasteiger partial charge in [0.25, 0.3) is 5.91 Å². The van der Waals surface area contributed by atoms with Crippen LogP contribution in [-0.4, -0.2) is 20.7 Å². The summed E-state index contributed by atoms with van der Waals surface area (Å²) in [6.07, 6.45) is 1.58. The SMILES string of the molecule is Cc1nc2c(cnn2C(C)C)cc1C(=O)Nc1ccc(F)c(F)c1F. The smallest absolute Gasteiger partial charge is 0.257 e. The van der Waals surface area contributed by atoms with Crippen molar-refractivity contribution >= 4 is 22.6 Å². The van der Waals surface area contributed by atoms with Crippen molar-refractivity contribution in [3.05, 3.63) is 53.1 Å². The first-order valence-corrected chi connectivity index (χ1v) is 7.59. The molecule has 0 radical (unpaired) electrons. The Morgan fingerprint density at radius 3 is 2.60 bits per heavy atom. The number of amides is 1. The average molecular weight is 348 g/mol. The van der Waals surface area contributed by atoms with Crippen molar-refractivity contribution in [1.29, 1.82) is 0 Å². The van der Waals surface area contributed by atoms with Gasteiger partial charge in [0, 0.05) is 11.4 Å². The fourth-order valence-electron chi connectivity index (χ4n) is 2.49. The molecule has 2 aromatic heterocycles. The highest BCUT2D eigenvalue weighted by Gasteiger charge is 2.19. The molecule has 0 bridgehead atoms. The maximum atomic E-state index is 13.7. The molecule has 0 unspecified atom stereocenters. The standard InChI is InChI=1S/C17H15F3N4O/c1-8(2)24-16-10(7-21-24)6-11(9(3)22-16)17(25)23-13-5-4-12(18)14(19)15(13)20/h4-8H,1-3H3,(H,23,25). The topological polar surface area (TPSA) is 59.8 Å². The Labute approximate surface area is 141 Å². The van der Waals surface area contributed by atoms with E-state index >= 15 is 0 Å². The van der Waals surface area contributed by atoms with Crippen LogP contribution in [0.15, 0.2) is 24.4 Å². The molecule has 0 spiro atoms. The fraction of sp³-hybridized carbons (Fsp3) is 0.235. The number of nitrogens with zero attached hydrogens (tertiary/aromatic N) is 3. The number of fused-ring (bicyclic) bond motifs is 1. The monoisotopic (exact) mass is 348 g/mol. The van der Waals surface area contributed by atoms with Crippen LogP contribution in [-0.2, 0) is 0 Å². The lowest BCUT2D eigenvalue weighted by atomic mass is 10.1.